The lowest BCUT2D eigenvalue weighted by atomic mass is 10.2. The van der Waals surface area contributed by atoms with Crippen molar-refractivity contribution in [3.63, 3.8) is 0 Å². The largest absolute Gasteiger partial charge is 0.497 e. The Labute approximate surface area is 135 Å². The highest BCUT2D eigenvalue weighted by Crippen LogP contribution is 2.21. The molecule has 0 spiro atoms. The molecule has 0 aliphatic carbocycles. The molecule has 0 fully saturated rings. The molecule has 3 rings (SSSR count). The van der Waals surface area contributed by atoms with Crippen LogP contribution in [-0.4, -0.2) is 29.3 Å². The maximum absolute atomic E-state index is 5.75. The van der Waals surface area contributed by atoms with E-state index in [1.165, 1.54) is 5.56 Å². The topological polar surface area (TPSA) is 51.4 Å². The fraction of sp³-hybridized carbons (Fsp3) is 0.222. The highest BCUT2D eigenvalue weighted by molar-refractivity contribution is 5.53. The zero-order valence-corrected chi connectivity index (χ0v) is 13.3. The van der Waals surface area contributed by atoms with Crippen molar-refractivity contribution in [3.05, 3.63) is 66.1 Å². The van der Waals surface area contributed by atoms with Gasteiger partial charge in [0.05, 0.1) is 13.7 Å². The Balaban J connectivity index is 1.64. The van der Waals surface area contributed by atoms with E-state index in [-0.39, 0.29) is 0 Å². The van der Waals surface area contributed by atoms with E-state index in [4.69, 9.17) is 9.15 Å². The van der Waals surface area contributed by atoms with Gasteiger partial charge in [-0.2, -0.15) is 0 Å². The van der Waals surface area contributed by atoms with Gasteiger partial charge < -0.3 is 9.15 Å². The van der Waals surface area contributed by atoms with Crippen molar-refractivity contribution in [2.45, 2.75) is 13.1 Å². The molecule has 0 aliphatic rings. The lowest BCUT2D eigenvalue weighted by molar-refractivity contribution is 0.283. The van der Waals surface area contributed by atoms with Gasteiger partial charge in [0.2, 0.25) is 11.8 Å². The maximum atomic E-state index is 5.75. The number of benzene rings is 2. The molecule has 0 unspecified atom stereocenters. The molecule has 0 radical (unpaired) electrons. The zero-order valence-electron chi connectivity index (χ0n) is 13.3. The van der Waals surface area contributed by atoms with Crippen LogP contribution in [0.4, 0.5) is 0 Å². The van der Waals surface area contributed by atoms with E-state index in [0.29, 0.717) is 18.3 Å². The highest BCUT2D eigenvalue weighted by atomic mass is 16.5. The number of nitrogens with zero attached hydrogens (tertiary/aromatic N) is 3. The van der Waals surface area contributed by atoms with Crippen molar-refractivity contribution in [3.8, 4) is 17.2 Å². The molecule has 1 heterocycles. The zero-order chi connectivity index (χ0) is 16.1. The summed E-state index contributed by atoms with van der Waals surface area (Å²) in [5.74, 6) is 1.93. The molecule has 2 aromatic carbocycles. The molecule has 0 amide bonds. The van der Waals surface area contributed by atoms with E-state index >= 15 is 0 Å². The van der Waals surface area contributed by atoms with Crippen LogP contribution < -0.4 is 4.74 Å². The van der Waals surface area contributed by atoms with E-state index < -0.39 is 0 Å². The number of ether oxygens (including phenoxy) is 1. The Hall–Kier alpha value is -2.66. The third kappa shape index (κ3) is 3.96. The van der Waals surface area contributed by atoms with E-state index in [9.17, 15) is 0 Å². The van der Waals surface area contributed by atoms with Gasteiger partial charge in [-0.1, -0.05) is 30.3 Å². The Bertz CT molecular complexity index is 738. The molecule has 0 N–H and O–H groups in total. The van der Waals surface area contributed by atoms with Crippen LogP contribution in [0.2, 0.25) is 0 Å². The number of methoxy groups -OCH3 is 1. The van der Waals surface area contributed by atoms with Crippen LogP contribution >= 0.6 is 0 Å². The van der Waals surface area contributed by atoms with Crippen LogP contribution in [0, 0.1) is 0 Å². The SMILES string of the molecule is COc1ccc(-c2nnc(CN(C)Cc3ccccc3)o2)cc1. The van der Waals surface area contributed by atoms with Crippen LogP contribution in [0.1, 0.15) is 11.5 Å². The van der Waals surface area contributed by atoms with Gasteiger partial charge in [0.15, 0.2) is 0 Å². The summed E-state index contributed by atoms with van der Waals surface area (Å²) >= 11 is 0. The normalized spacial score (nSPS) is 10.9. The Morgan fingerprint density at radius 2 is 1.70 bits per heavy atom. The minimum absolute atomic E-state index is 0.524. The summed E-state index contributed by atoms with van der Waals surface area (Å²) in [5.41, 5.74) is 2.14. The molecule has 5 nitrogen and oxygen atoms in total. The number of hydrogen-bond acceptors (Lipinski definition) is 5. The molecule has 23 heavy (non-hydrogen) atoms. The molecule has 118 valence electrons. The van der Waals surface area contributed by atoms with Crippen molar-refractivity contribution in [1.29, 1.82) is 0 Å². The predicted molar refractivity (Wildman–Crippen MR) is 87.9 cm³/mol. The first-order chi connectivity index (χ1) is 11.2. The quantitative estimate of drug-likeness (QED) is 0.698. The van der Waals surface area contributed by atoms with E-state index in [1.54, 1.807) is 7.11 Å². The van der Waals surface area contributed by atoms with Crippen LogP contribution in [-0.2, 0) is 13.1 Å². The molecular weight excluding hydrogens is 290 g/mol. The minimum Gasteiger partial charge on any atom is -0.497 e. The second-order valence-corrected chi connectivity index (χ2v) is 5.39. The summed E-state index contributed by atoms with van der Waals surface area (Å²) in [5, 5.41) is 8.25. The van der Waals surface area contributed by atoms with Gasteiger partial charge in [-0.15, -0.1) is 10.2 Å². The fourth-order valence-corrected chi connectivity index (χ4v) is 2.35. The third-order valence-electron chi connectivity index (χ3n) is 3.50. The summed E-state index contributed by atoms with van der Waals surface area (Å²) in [7, 11) is 3.67. The monoisotopic (exact) mass is 309 g/mol. The van der Waals surface area contributed by atoms with Crippen molar-refractivity contribution in [1.82, 2.24) is 15.1 Å². The standard InChI is InChI=1S/C18H19N3O2/c1-21(12-14-6-4-3-5-7-14)13-17-19-20-18(23-17)15-8-10-16(22-2)11-9-15/h3-11H,12-13H2,1-2H3. The van der Waals surface area contributed by atoms with Gasteiger partial charge in [-0.05, 0) is 36.9 Å². The molecule has 1 aromatic heterocycles. The van der Waals surface area contributed by atoms with Gasteiger partial charge >= 0.3 is 0 Å². The highest BCUT2D eigenvalue weighted by Gasteiger charge is 2.11. The van der Waals surface area contributed by atoms with E-state index in [1.807, 2.05) is 49.5 Å². The summed E-state index contributed by atoms with van der Waals surface area (Å²) < 4.78 is 10.9. The summed E-state index contributed by atoms with van der Waals surface area (Å²) in [6.07, 6.45) is 0. The first-order valence-corrected chi connectivity index (χ1v) is 7.44. The smallest absolute Gasteiger partial charge is 0.247 e. The Morgan fingerprint density at radius 3 is 2.39 bits per heavy atom. The molecule has 5 heteroatoms. The lowest BCUT2D eigenvalue weighted by Gasteiger charge is -2.13. The average Bonchev–Trinajstić information content (AvgIpc) is 3.04. The minimum atomic E-state index is 0.524. The Kier molecular flexibility index (Phi) is 4.68. The molecule has 0 bridgehead atoms. The van der Waals surface area contributed by atoms with E-state index in [2.05, 4.69) is 27.2 Å². The van der Waals surface area contributed by atoms with Crippen LogP contribution in [0.25, 0.3) is 11.5 Å². The summed E-state index contributed by atoms with van der Waals surface area (Å²) in [6, 6.07) is 17.9. The lowest BCUT2D eigenvalue weighted by Crippen LogP contribution is -2.17. The first kappa shape index (κ1) is 15.2. The average molecular weight is 309 g/mol. The van der Waals surface area contributed by atoms with Gasteiger partial charge in [0.1, 0.15) is 5.75 Å². The van der Waals surface area contributed by atoms with Gasteiger partial charge in [0, 0.05) is 12.1 Å². The second-order valence-electron chi connectivity index (χ2n) is 5.39. The number of rotatable bonds is 6. The van der Waals surface area contributed by atoms with Crippen LogP contribution in [0.3, 0.4) is 0 Å². The van der Waals surface area contributed by atoms with Crippen LogP contribution in [0.5, 0.6) is 5.75 Å². The van der Waals surface area contributed by atoms with Gasteiger partial charge in [-0.25, -0.2) is 0 Å². The van der Waals surface area contributed by atoms with E-state index in [0.717, 1.165) is 17.9 Å². The van der Waals surface area contributed by atoms with Crippen LogP contribution in [0.15, 0.2) is 59.0 Å². The fourth-order valence-electron chi connectivity index (χ4n) is 2.35. The van der Waals surface area contributed by atoms with Crippen molar-refractivity contribution >= 4 is 0 Å². The second kappa shape index (κ2) is 7.07. The first-order valence-electron chi connectivity index (χ1n) is 7.44. The molecule has 0 saturated heterocycles. The molecule has 0 aliphatic heterocycles. The van der Waals surface area contributed by atoms with Gasteiger partial charge in [-0.3, -0.25) is 4.90 Å². The number of hydrogen-bond donors (Lipinski definition) is 0. The number of aromatic nitrogens is 2. The maximum Gasteiger partial charge on any atom is 0.247 e. The van der Waals surface area contributed by atoms with Crippen molar-refractivity contribution in [2.75, 3.05) is 14.2 Å². The molecule has 0 atom stereocenters. The van der Waals surface area contributed by atoms with Gasteiger partial charge in [0.25, 0.3) is 0 Å². The van der Waals surface area contributed by atoms with Crippen molar-refractivity contribution < 1.29 is 9.15 Å². The van der Waals surface area contributed by atoms with Crippen molar-refractivity contribution in [2.24, 2.45) is 0 Å². The third-order valence-corrected chi connectivity index (χ3v) is 3.50. The Morgan fingerprint density at radius 1 is 0.957 bits per heavy atom. The molecular formula is C18H19N3O2. The summed E-state index contributed by atoms with van der Waals surface area (Å²) in [4.78, 5) is 2.14. The predicted octanol–water partition coefficient (Wildman–Crippen LogP) is 3.38. The summed E-state index contributed by atoms with van der Waals surface area (Å²) in [6.45, 7) is 1.44. The molecule has 3 aromatic rings. The molecule has 0 saturated carbocycles.